The average molecular weight is 367 g/mol. The molecule has 4 atom stereocenters. The van der Waals surface area contributed by atoms with E-state index in [1.54, 1.807) is 6.07 Å². The van der Waals surface area contributed by atoms with Crippen molar-refractivity contribution in [1.82, 2.24) is 5.01 Å². The molecule has 0 spiro atoms. The fourth-order valence-corrected chi connectivity index (χ4v) is 4.15. The smallest absolute Gasteiger partial charge is 0.311 e. The van der Waals surface area contributed by atoms with E-state index in [4.69, 9.17) is 4.74 Å². The van der Waals surface area contributed by atoms with Crippen LogP contribution in [0.15, 0.2) is 48.1 Å². The van der Waals surface area contributed by atoms with Gasteiger partial charge in [0.25, 0.3) is 11.8 Å². The van der Waals surface area contributed by atoms with E-state index < -0.39 is 4.92 Å². The van der Waals surface area contributed by atoms with Crippen LogP contribution in [-0.2, 0) is 9.59 Å². The summed E-state index contributed by atoms with van der Waals surface area (Å²) in [6, 6.07) is 4.32. The Kier molecular flexibility index (Phi) is 4.10. The number of ether oxygens (including phenoxy) is 1. The molecule has 1 aliphatic heterocycles. The molecule has 8 nitrogen and oxygen atoms in total. The van der Waals surface area contributed by atoms with Crippen LogP contribution in [-0.4, -0.2) is 34.6 Å². The van der Waals surface area contributed by atoms with Gasteiger partial charge in [-0.15, -0.1) is 0 Å². The van der Waals surface area contributed by atoms with E-state index >= 15 is 0 Å². The molecule has 3 aliphatic rings. The van der Waals surface area contributed by atoms with Crippen LogP contribution >= 0.6 is 0 Å². The predicted octanol–water partition coefficient (Wildman–Crippen LogP) is 2.30. The summed E-state index contributed by atoms with van der Waals surface area (Å²) in [5.41, 5.74) is 0.172. The molecule has 4 rings (SSSR count). The van der Waals surface area contributed by atoms with E-state index in [-0.39, 0.29) is 53.5 Å². The van der Waals surface area contributed by atoms with Crippen LogP contribution < -0.4 is 4.74 Å². The first-order valence-electron chi connectivity index (χ1n) is 8.63. The summed E-state index contributed by atoms with van der Waals surface area (Å²) < 4.78 is 5.27. The second-order valence-electron chi connectivity index (χ2n) is 6.82. The molecule has 1 aromatic carbocycles. The Labute approximate surface area is 154 Å². The average Bonchev–Trinajstić information content (AvgIpc) is 3.33. The topological polar surface area (TPSA) is 102 Å². The SMILES string of the molecule is C=CCOc1ccc(C=NN2C(=O)C3C4C=CC(C4)C3C2=O)cc1[N+](=O)[O-]. The molecule has 4 unspecified atom stereocenters. The third-order valence-corrected chi connectivity index (χ3v) is 5.31. The van der Waals surface area contributed by atoms with E-state index in [1.165, 1.54) is 24.4 Å². The van der Waals surface area contributed by atoms with Gasteiger partial charge in [0.05, 0.1) is 23.0 Å². The third-order valence-electron chi connectivity index (χ3n) is 5.31. The first-order chi connectivity index (χ1) is 13.0. The minimum atomic E-state index is -0.560. The van der Waals surface area contributed by atoms with Crippen LogP contribution in [0.1, 0.15) is 12.0 Å². The highest BCUT2D eigenvalue weighted by molar-refractivity contribution is 6.06. The lowest BCUT2D eigenvalue weighted by molar-refractivity contribution is -0.385. The molecule has 8 heteroatoms. The maximum atomic E-state index is 12.6. The summed E-state index contributed by atoms with van der Waals surface area (Å²) in [5, 5.41) is 16.2. The lowest BCUT2D eigenvalue weighted by Crippen LogP contribution is -2.28. The Balaban J connectivity index is 1.56. The van der Waals surface area contributed by atoms with Crippen LogP contribution in [0.2, 0.25) is 0 Å². The highest BCUT2D eigenvalue weighted by Gasteiger charge is 2.59. The molecule has 0 radical (unpaired) electrons. The summed E-state index contributed by atoms with van der Waals surface area (Å²) in [4.78, 5) is 35.8. The molecule has 27 heavy (non-hydrogen) atoms. The standard InChI is InChI=1S/C19H17N3O5/c1-2-7-27-15-6-3-11(8-14(15)22(25)26)10-20-21-18(23)16-12-4-5-13(9-12)17(16)19(21)24/h2-6,8,10,12-13,16-17H,1,7,9H2. The van der Waals surface area contributed by atoms with Gasteiger partial charge < -0.3 is 4.74 Å². The maximum absolute atomic E-state index is 12.6. The van der Waals surface area contributed by atoms with Crippen molar-refractivity contribution in [2.75, 3.05) is 6.61 Å². The number of hydrogen-bond donors (Lipinski definition) is 0. The van der Waals surface area contributed by atoms with Crippen molar-refractivity contribution < 1.29 is 19.2 Å². The summed E-state index contributed by atoms with van der Waals surface area (Å²) in [5.74, 6) is -0.903. The molecule has 2 fully saturated rings. The number of rotatable bonds is 6. The molecule has 138 valence electrons. The van der Waals surface area contributed by atoms with Crippen LogP contribution in [0.3, 0.4) is 0 Å². The maximum Gasteiger partial charge on any atom is 0.311 e. The predicted molar refractivity (Wildman–Crippen MR) is 96.0 cm³/mol. The zero-order valence-electron chi connectivity index (χ0n) is 14.4. The minimum absolute atomic E-state index is 0.110. The molecular weight excluding hydrogens is 350 g/mol. The Bertz CT molecular complexity index is 877. The van der Waals surface area contributed by atoms with Gasteiger partial charge in [0.15, 0.2) is 5.75 Å². The first kappa shape index (κ1) is 17.1. The largest absolute Gasteiger partial charge is 0.483 e. The van der Waals surface area contributed by atoms with Crippen LogP contribution in [0.5, 0.6) is 5.75 Å². The molecule has 0 aromatic heterocycles. The van der Waals surface area contributed by atoms with E-state index in [9.17, 15) is 19.7 Å². The van der Waals surface area contributed by atoms with E-state index in [0.29, 0.717) is 5.56 Å². The quantitative estimate of drug-likeness (QED) is 0.252. The van der Waals surface area contributed by atoms with Gasteiger partial charge in [0, 0.05) is 11.6 Å². The van der Waals surface area contributed by atoms with E-state index in [1.807, 2.05) is 12.2 Å². The highest BCUT2D eigenvalue weighted by Crippen LogP contribution is 2.52. The number of hydrogen-bond acceptors (Lipinski definition) is 6. The zero-order chi connectivity index (χ0) is 19.1. The number of nitro benzene ring substituents is 1. The molecule has 1 saturated heterocycles. The second kappa shape index (κ2) is 6.46. The summed E-state index contributed by atoms with van der Waals surface area (Å²) in [6.45, 7) is 3.65. The summed E-state index contributed by atoms with van der Waals surface area (Å²) >= 11 is 0. The Morgan fingerprint density at radius 3 is 2.52 bits per heavy atom. The van der Waals surface area contributed by atoms with Crippen molar-refractivity contribution in [2.45, 2.75) is 6.42 Å². The van der Waals surface area contributed by atoms with Crippen LogP contribution in [0.25, 0.3) is 0 Å². The molecule has 1 saturated carbocycles. The van der Waals surface area contributed by atoms with Gasteiger partial charge in [-0.05, 0) is 30.4 Å². The van der Waals surface area contributed by atoms with Crippen molar-refractivity contribution in [3.8, 4) is 5.75 Å². The number of imide groups is 1. The zero-order valence-corrected chi connectivity index (χ0v) is 14.4. The normalized spacial score (nSPS) is 28.2. The highest BCUT2D eigenvalue weighted by atomic mass is 16.6. The van der Waals surface area contributed by atoms with Gasteiger partial charge in [0.1, 0.15) is 6.61 Å². The fourth-order valence-electron chi connectivity index (χ4n) is 4.15. The Morgan fingerprint density at radius 1 is 1.26 bits per heavy atom. The number of allylic oxidation sites excluding steroid dienone is 2. The van der Waals surface area contributed by atoms with Crippen molar-refractivity contribution in [3.63, 3.8) is 0 Å². The molecule has 2 amide bonds. The Morgan fingerprint density at radius 2 is 1.93 bits per heavy atom. The Hall–Kier alpha value is -3.29. The number of fused-ring (bicyclic) bond motifs is 5. The van der Waals surface area contributed by atoms with E-state index in [2.05, 4.69) is 11.7 Å². The number of amides is 2. The number of nitrogens with zero attached hydrogens (tertiary/aromatic N) is 3. The molecule has 1 heterocycles. The summed E-state index contributed by atoms with van der Waals surface area (Å²) in [7, 11) is 0. The summed E-state index contributed by atoms with van der Waals surface area (Å²) in [6.07, 6.45) is 7.65. The molecule has 2 bridgehead atoms. The molecular formula is C19H17N3O5. The number of carbonyl (C=O) groups is 2. The van der Waals surface area contributed by atoms with Gasteiger partial charge >= 0.3 is 5.69 Å². The van der Waals surface area contributed by atoms with Crippen LogP contribution in [0, 0.1) is 33.8 Å². The minimum Gasteiger partial charge on any atom is -0.483 e. The number of nitro groups is 1. The molecule has 2 aliphatic carbocycles. The fraction of sp³-hybridized carbons (Fsp3) is 0.316. The third kappa shape index (κ3) is 2.73. The molecule has 1 aromatic rings. The van der Waals surface area contributed by atoms with Gasteiger partial charge in [-0.25, -0.2) is 0 Å². The lowest BCUT2D eigenvalue weighted by Gasteiger charge is -2.13. The number of carbonyl (C=O) groups excluding carboxylic acids is 2. The van der Waals surface area contributed by atoms with Crippen molar-refractivity contribution >= 4 is 23.7 Å². The van der Waals surface area contributed by atoms with Gasteiger partial charge in [0.2, 0.25) is 0 Å². The monoisotopic (exact) mass is 367 g/mol. The van der Waals surface area contributed by atoms with Crippen LogP contribution in [0.4, 0.5) is 5.69 Å². The first-order valence-corrected chi connectivity index (χ1v) is 8.63. The van der Waals surface area contributed by atoms with Gasteiger partial charge in [-0.1, -0.05) is 24.8 Å². The lowest BCUT2D eigenvalue weighted by atomic mass is 9.85. The van der Waals surface area contributed by atoms with Gasteiger partial charge in [-0.2, -0.15) is 10.1 Å². The second-order valence-corrected chi connectivity index (χ2v) is 6.82. The van der Waals surface area contributed by atoms with Crippen molar-refractivity contribution in [2.24, 2.45) is 28.8 Å². The molecule has 0 N–H and O–H groups in total. The van der Waals surface area contributed by atoms with Crippen molar-refractivity contribution in [1.29, 1.82) is 0 Å². The number of hydrazone groups is 1. The van der Waals surface area contributed by atoms with Crippen molar-refractivity contribution in [3.05, 3.63) is 58.7 Å². The number of benzene rings is 1. The van der Waals surface area contributed by atoms with Gasteiger partial charge in [-0.3, -0.25) is 19.7 Å². The van der Waals surface area contributed by atoms with E-state index in [0.717, 1.165) is 11.4 Å².